The number of hydrogen-bond acceptors (Lipinski definition) is 3. The summed E-state index contributed by atoms with van der Waals surface area (Å²) in [6, 6.07) is 2.10. The summed E-state index contributed by atoms with van der Waals surface area (Å²) in [6.07, 6.45) is 0.594. The van der Waals surface area contributed by atoms with E-state index in [1.54, 1.807) is 0 Å². The second kappa shape index (κ2) is 3.70. The number of nitriles is 1. The zero-order valence-corrected chi connectivity index (χ0v) is 6.89. The topological polar surface area (TPSA) is 45.0 Å². The zero-order chi connectivity index (χ0) is 8.16. The molecule has 3 nitrogen and oxygen atoms in total. The Labute approximate surface area is 67.3 Å². The minimum absolute atomic E-state index is 0.329. The number of nitrogens with zero attached hydrogens (tertiary/aromatic N) is 1. The maximum atomic E-state index is 8.25. The normalized spacial score (nSPS) is 20.4. The molecule has 1 aliphatic heterocycles. The zero-order valence-electron chi connectivity index (χ0n) is 6.89. The van der Waals surface area contributed by atoms with Crippen LogP contribution >= 0.6 is 0 Å². The highest BCUT2D eigenvalue weighted by Crippen LogP contribution is 2.24. The van der Waals surface area contributed by atoms with Crippen LogP contribution in [0, 0.1) is 16.7 Å². The molecule has 0 unspecified atom stereocenters. The summed E-state index contributed by atoms with van der Waals surface area (Å²) in [5, 5.41) is 11.5. The summed E-state index contributed by atoms with van der Waals surface area (Å²) >= 11 is 0. The molecule has 1 saturated heterocycles. The summed E-state index contributed by atoms with van der Waals surface area (Å²) < 4.78 is 5.09. The second-order valence-electron chi connectivity index (χ2n) is 3.39. The van der Waals surface area contributed by atoms with E-state index in [1.165, 1.54) is 0 Å². The van der Waals surface area contributed by atoms with Crippen LogP contribution in [0.2, 0.25) is 0 Å². The van der Waals surface area contributed by atoms with E-state index in [-0.39, 0.29) is 0 Å². The van der Waals surface area contributed by atoms with Gasteiger partial charge in [-0.05, 0) is 0 Å². The SMILES string of the molecule is CC1(CNCCC#N)COC1. The summed E-state index contributed by atoms with van der Waals surface area (Å²) in [7, 11) is 0. The van der Waals surface area contributed by atoms with Gasteiger partial charge in [0.15, 0.2) is 0 Å². The quantitative estimate of drug-likeness (QED) is 0.601. The molecule has 1 N–H and O–H groups in total. The van der Waals surface area contributed by atoms with Crippen LogP contribution in [0.4, 0.5) is 0 Å². The van der Waals surface area contributed by atoms with Crippen molar-refractivity contribution in [2.24, 2.45) is 5.41 Å². The van der Waals surface area contributed by atoms with E-state index in [4.69, 9.17) is 10.00 Å². The third-order valence-electron chi connectivity index (χ3n) is 1.87. The van der Waals surface area contributed by atoms with Crippen molar-refractivity contribution in [3.63, 3.8) is 0 Å². The molecule has 0 spiro atoms. The first-order chi connectivity index (χ1) is 5.27. The van der Waals surface area contributed by atoms with Crippen LogP contribution in [0.25, 0.3) is 0 Å². The fraction of sp³-hybridized carbons (Fsp3) is 0.875. The van der Waals surface area contributed by atoms with Gasteiger partial charge in [-0.25, -0.2) is 0 Å². The molecule has 0 saturated carbocycles. The average molecular weight is 154 g/mol. The number of ether oxygens (including phenoxy) is 1. The van der Waals surface area contributed by atoms with Gasteiger partial charge in [0.2, 0.25) is 0 Å². The lowest BCUT2D eigenvalue weighted by atomic mass is 9.89. The van der Waals surface area contributed by atoms with Crippen molar-refractivity contribution in [1.29, 1.82) is 5.26 Å². The van der Waals surface area contributed by atoms with E-state index in [2.05, 4.69) is 18.3 Å². The van der Waals surface area contributed by atoms with Crippen LogP contribution in [0.3, 0.4) is 0 Å². The van der Waals surface area contributed by atoms with E-state index in [9.17, 15) is 0 Å². The minimum atomic E-state index is 0.329. The molecule has 0 radical (unpaired) electrons. The fourth-order valence-corrected chi connectivity index (χ4v) is 1.09. The smallest absolute Gasteiger partial charge is 0.0635 e. The Bertz CT molecular complexity index is 158. The fourth-order valence-electron chi connectivity index (χ4n) is 1.09. The standard InChI is InChI=1S/C8H14N2O/c1-8(6-11-7-8)5-10-4-2-3-9/h10H,2,4-7H2,1H3. The molecule has 0 aromatic rings. The van der Waals surface area contributed by atoms with Crippen LogP contribution < -0.4 is 5.32 Å². The van der Waals surface area contributed by atoms with Crippen molar-refractivity contribution in [3.05, 3.63) is 0 Å². The van der Waals surface area contributed by atoms with Gasteiger partial charge in [-0.3, -0.25) is 0 Å². The highest BCUT2D eigenvalue weighted by Gasteiger charge is 2.32. The van der Waals surface area contributed by atoms with Gasteiger partial charge in [0, 0.05) is 24.9 Å². The van der Waals surface area contributed by atoms with Crippen molar-refractivity contribution < 1.29 is 4.74 Å². The molecule has 1 rings (SSSR count). The Morgan fingerprint density at radius 1 is 1.64 bits per heavy atom. The van der Waals surface area contributed by atoms with Gasteiger partial charge in [-0.15, -0.1) is 0 Å². The van der Waals surface area contributed by atoms with E-state index < -0.39 is 0 Å². The second-order valence-corrected chi connectivity index (χ2v) is 3.39. The predicted molar refractivity (Wildman–Crippen MR) is 42.0 cm³/mol. The molecular weight excluding hydrogens is 140 g/mol. The minimum Gasteiger partial charge on any atom is -0.380 e. The largest absolute Gasteiger partial charge is 0.380 e. The molecule has 1 heterocycles. The molecule has 0 aliphatic carbocycles. The molecule has 0 atom stereocenters. The molecule has 0 bridgehead atoms. The summed E-state index contributed by atoms with van der Waals surface area (Å²) in [6.45, 7) is 5.66. The lowest BCUT2D eigenvalue weighted by Crippen LogP contribution is -2.47. The van der Waals surface area contributed by atoms with E-state index in [0.717, 1.165) is 26.3 Å². The van der Waals surface area contributed by atoms with Crippen molar-refractivity contribution in [2.75, 3.05) is 26.3 Å². The molecular formula is C8H14N2O. The third kappa shape index (κ3) is 2.49. The number of nitrogens with one attached hydrogen (secondary N) is 1. The summed E-state index contributed by atoms with van der Waals surface area (Å²) in [5.74, 6) is 0. The third-order valence-corrected chi connectivity index (χ3v) is 1.87. The molecule has 11 heavy (non-hydrogen) atoms. The van der Waals surface area contributed by atoms with Gasteiger partial charge in [-0.1, -0.05) is 6.92 Å². The van der Waals surface area contributed by atoms with Gasteiger partial charge in [0.25, 0.3) is 0 Å². The molecule has 1 fully saturated rings. The summed E-state index contributed by atoms with van der Waals surface area (Å²) in [5.41, 5.74) is 0.329. The Morgan fingerprint density at radius 2 is 2.36 bits per heavy atom. The van der Waals surface area contributed by atoms with Gasteiger partial charge in [-0.2, -0.15) is 5.26 Å². The Morgan fingerprint density at radius 3 is 2.82 bits per heavy atom. The van der Waals surface area contributed by atoms with Crippen molar-refractivity contribution >= 4 is 0 Å². The van der Waals surface area contributed by atoms with Gasteiger partial charge >= 0.3 is 0 Å². The van der Waals surface area contributed by atoms with Gasteiger partial charge < -0.3 is 10.1 Å². The highest BCUT2D eigenvalue weighted by molar-refractivity contribution is 4.83. The predicted octanol–water partition coefficient (Wildman–Crippen LogP) is 0.526. The molecule has 3 heteroatoms. The Hall–Kier alpha value is -0.590. The number of hydrogen-bond donors (Lipinski definition) is 1. The lowest BCUT2D eigenvalue weighted by molar-refractivity contribution is -0.0988. The molecule has 0 aromatic carbocycles. The summed E-state index contributed by atoms with van der Waals surface area (Å²) in [4.78, 5) is 0. The maximum absolute atomic E-state index is 8.25. The first-order valence-corrected chi connectivity index (χ1v) is 3.92. The molecule has 0 aromatic heterocycles. The van der Waals surface area contributed by atoms with E-state index >= 15 is 0 Å². The Kier molecular flexibility index (Phi) is 2.86. The first kappa shape index (κ1) is 8.51. The molecule has 1 aliphatic rings. The lowest BCUT2D eigenvalue weighted by Gasteiger charge is -2.38. The van der Waals surface area contributed by atoms with Crippen molar-refractivity contribution in [3.8, 4) is 6.07 Å². The van der Waals surface area contributed by atoms with Gasteiger partial charge in [0.1, 0.15) is 0 Å². The van der Waals surface area contributed by atoms with Crippen LogP contribution in [-0.4, -0.2) is 26.3 Å². The Balaban J connectivity index is 1.99. The van der Waals surface area contributed by atoms with Crippen LogP contribution in [0.5, 0.6) is 0 Å². The molecule has 62 valence electrons. The van der Waals surface area contributed by atoms with Crippen molar-refractivity contribution in [1.82, 2.24) is 5.32 Å². The first-order valence-electron chi connectivity index (χ1n) is 3.92. The van der Waals surface area contributed by atoms with Crippen LogP contribution in [0.1, 0.15) is 13.3 Å². The van der Waals surface area contributed by atoms with Crippen LogP contribution in [-0.2, 0) is 4.74 Å². The highest BCUT2D eigenvalue weighted by atomic mass is 16.5. The number of rotatable bonds is 4. The van der Waals surface area contributed by atoms with Crippen LogP contribution in [0.15, 0.2) is 0 Å². The monoisotopic (exact) mass is 154 g/mol. The van der Waals surface area contributed by atoms with Gasteiger partial charge in [0.05, 0.1) is 19.3 Å². The maximum Gasteiger partial charge on any atom is 0.0635 e. The molecule has 0 amide bonds. The van der Waals surface area contributed by atoms with Crippen molar-refractivity contribution in [2.45, 2.75) is 13.3 Å². The van der Waals surface area contributed by atoms with E-state index in [0.29, 0.717) is 11.8 Å². The van der Waals surface area contributed by atoms with E-state index in [1.807, 2.05) is 0 Å². The average Bonchev–Trinajstić information content (AvgIpc) is 1.95.